The van der Waals surface area contributed by atoms with Gasteiger partial charge in [0, 0.05) is 25.1 Å². The van der Waals surface area contributed by atoms with Crippen molar-refractivity contribution in [1.82, 2.24) is 10.2 Å². The average Bonchev–Trinajstić information content (AvgIpc) is 3.22. The van der Waals surface area contributed by atoms with Gasteiger partial charge < -0.3 is 10.2 Å². The third-order valence-electron chi connectivity index (χ3n) is 4.14. The van der Waals surface area contributed by atoms with E-state index in [1.807, 2.05) is 24.3 Å². The van der Waals surface area contributed by atoms with Crippen LogP contribution < -0.4 is 10.2 Å². The van der Waals surface area contributed by atoms with Crippen LogP contribution in [0.5, 0.6) is 0 Å². The van der Waals surface area contributed by atoms with E-state index in [2.05, 4.69) is 22.4 Å². The Hall–Kier alpha value is -2.28. The van der Waals surface area contributed by atoms with E-state index in [1.165, 1.54) is 11.3 Å². The molecule has 0 unspecified atom stereocenters. The number of rotatable bonds is 7. The van der Waals surface area contributed by atoms with Gasteiger partial charge in [0.15, 0.2) is 0 Å². The predicted molar refractivity (Wildman–Crippen MR) is 98.9 cm³/mol. The third-order valence-corrected chi connectivity index (χ3v) is 5.04. The molecular formula is C18H22N4O2S. The quantitative estimate of drug-likeness (QED) is 0.825. The first-order valence-electron chi connectivity index (χ1n) is 8.67. The van der Waals surface area contributed by atoms with E-state index in [-0.39, 0.29) is 18.2 Å². The normalized spacial score (nSPS) is 14.1. The van der Waals surface area contributed by atoms with Crippen molar-refractivity contribution in [2.45, 2.75) is 45.4 Å². The highest BCUT2D eigenvalue weighted by atomic mass is 32.1. The zero-order valence-corrected chi connectivity index (χ0v) is 15.1. The Balaban J connectivity index is 1.54. The molecule has 0 spiro atoms. The SMILES string of the molecule is CCCCc1nnc(NC(=O)Cc2ccc(N3CCCC3=O)cc2)s1. The fraction of sp³-hybridized carbons (Fsp3) is 0.444. The van der Waals surface area contributed by atoms with Gasteiger partial charge in [0.05, 0.1) is 6.42 Å². The molecule has 1 aliphatic rings. The summed E-state index contributed by atoms with van der Waals surface area (Å²) in [5.74, 6) is 0.0591. The second-order valence-corrected chi connectivity index (χ2v) is 7.21. The van der Waals surface area contributed by atoms with Gasteiger partial charge in [-0.2, -0.15) is 0 Å². The zero-order valence-electron chi connectivity index (χ0n) is 14.3. The summed E-state index contributed by atoms with van der Waals surface area (Å²) in [4.78, 5) is 25.7. The second-order valence-electron chi connectivity index (χ2n) is 6.14. The molecule has 25 heavy (non-hydrogen) atoms. The minimum atomic E-state index is -0.108. The van der Waals surface area contributed by atoms with Gasteiger partial charge in [-0.25, -0.2) is 0 Å². The monoisotopic (exact) mass is 358 g/mol. The topological polar surface area (TPSA) is 75.2 Å². The van der Waals surface area contributed by atoms with E-state index >= 15 is 0 Å². The summed E-state index contributed by atoms with van der Waals surface area (Å²) < 4.78 is 0. The lowest BCUT2D eigenvalue weighted by molar-refractivity contribution is -0.117. The fourth-order valence-corrected chi connectivity index (χ4v) is 3.59. The molecule has 1 N–H and O–H groups in total. The van der Waals surface area contributed by atoms with Gasteiger partial charge in [0.1, 0.15) is 5.01 Å². The van der Waals surface area contributed by atoms with Crippen molar-refractivity contribution < 1.29 is 9.59 Å². The number of unbranched alkanes of at least 4 members (excludes halogenated alkanes) is 1. The summed E-state index contributed by atoms with van der Waals surface area (Å²) in [5, 5.41) is 12.4. The van der Waals surface area contributed by atoms with Gasteiger partial charge in [-0.05, 0) is 30.5 Å². The van der Waals surface area contributed by atoms with Gasteiger partial charge in [0.25, 0.3) is 0 Å². The van der Waals surface area contributed by atoms with Crippen molar-refractivity contribution in [2.75, 3.05) is 16.8 Å². The van der Waals surface area contributed by atoms with Crippen LogP contribution in [-0.2, 0) is 22.4 Å². The van der Waals surface area contributed by atoms with Crippen LogP contribution in [0.25, 0.3) is 0 Å². The molecule has 0 saturated carbocycles. The molecule has 2 amide bonds. The number of hydrogen-bond donors (Lipinski definition) is 1. The number of nitrogens with zero attached hydrogens (tertiary/aromatic N) is 3. The van der Waals surface area contributed by atoms with Crippen molar-refractivity contribution in [2.24, 2.45) is 0 Å². The molecule has 0 atom stereocenters. The lowest BCUT2D eigenvalue weighted by Crippen LogP contribution is -2.23. The van der Waals surface area contributed by atoms with Crippen LogP contribution in [0.3, 0.4) is 0 Å². The molecule has 0 radical (unpaired) electrons. The van der Waals surface area contributed by atoms with Crippen molar-refractivity contribution in [1.29, 1.82) is 0 Å². The van der Waals surface area contributed by atoms with Crippen LogP contribution >= 0.6 is 11.3 Å². The molecule has 0 bridgehead atoms. The molecule has 1 aromatic carbocycles. The van der Waals surface area contributed by atoms with Crippen LogP contribution in [0.4, 0.5) is 10.8 Å². The maximum Gasteiger partial charge on any atom is 0.230 e. The first kappa shape index (κ1) is 17.5. The highest BCUT2D eigenvalue weighted by Crippen LogP contribution is 2.22. The first-order valence-corrected chi connectivity index (χ1v) is 9.49. The molecule has 0 aliphatic carbocycles. The highest BCUT2D eigenvalue weighted by Gasteiger charge is 2.21. The van der Waals surface area contributed by atoms with E-state index in [0.29, 0.717) is 11.6 Å². The predicted octanol–water partition coefficient (Wildman–Crippen LogP) is 3.19. The van der Waals surface area contributed by atoms with Crippen molar-refractivity contribution in [3.63, 3.8) is 0 Å². The number of carbonyl (C=O) groups excluding carboxylic acids is 2. The van der Waals surface area contributed by atoms with E-state index in [9.17, 15) is 9.59 Å². The van der Waals surface area contributed by atoms with Crippen LogP contribution in [0.15, 0.2) is 24.3 Å². The number of hydrogen-bond acceptors (Lipinski definition) is 5. The molecule has 2 heterocycles. The summed E-state index contributed by atoms with van der Waals surface area (Å²) in [6, 6.07) is 7.60. The standard InChI is InChI=1S/C18H22N4O2S/c1-2-3-5-16-20-21-18(25-16)19-15(23)12-13-7-9-14(10-8-13)22-11-4-6-17(22)24/h7-10H,2-6,11-12H2,1H3,(H,19,21,23). The molecular weight excluding hydrogens is 336 g/mol. The van der Waals surface area contributed by atoms with Gasteiger partial charge in [-0.1, -0.05) is 36.8 Å². The van der Waals surface area contributed by atoms with E-state index in [4.69, 9.17) is 0 Å². The van der Waals surface area contributed by atoms with Gasteiger partial charge >= 0.3 is 0 Å². The Morgan fingerprint density at radius 3 is 2.76 bits per heavy atom. The van der Waals surface area contributed by atoms with Crippen LogP contribution in [-0.4, -0.2) is 28.6 Å². The molecule has 3 rings (SSSR count). The van der Waals surface area contributed by atoms with Crippen LogP contribution in [0.2, 0.25) is 0 Å². The number of benzene rings is 1. The number of anilines is 2. The van der Waals surface area contributed by atoms with E-state index < -0.39 is 0 Å². The average molecular weight is 358 g/mol. The Morgan fingerprint density at radius 1 is 1.28 bits per heavy atom. The van der Waals surface area contributed by atoms with Crippen LogP contribution in [0, 0.1) is 0 Å². The molecule has 2 aromatic rings. The molecule has 7 heteroatoms. The largest absolute Gasteiger partial charge is 0.312 e. The Morgan fingerprint density at radius 2 is 2.08 bits per heavy atom. The summed E-state index contributed by atoms with van der Waals surface area (Å²) >= 11 is 1.43. The number of amides is 2. The van der Waals surface area contributed by atoms with E-state index in [1.54, 1.807) is 4.90 Å². The molecule has 132 valence electrons. The van der Waals surface area contributed by atoms with Gasteiger partial charge in [-0.3, -0.25) is 9.59 Å². The van der Waals surface area contributed by atoms with E-state index in [0.717, 1.165) is 48.5 Å². The molecule has 1 aromatic heterocycles. The summed E-state index contributed by atoms with van der Waals surface area (Å²) in [6.45, 7) is 2.91. The number of aromatic nitrogens is 2. The van der Waals surface area contributed by atoms with Crippen molar-refractivity contribution in [3.8, 4) is 0 Å². The summed E-state index contributed by atoms with van der Waals surface area (Å²) in [7, 11) is 0. The maximum absolute atomic E-state index is 12.2. The first-order chi connectivity index (χ1) is 12.2. The van der Waals surface area contributed by atoms with Gasteiger partial charge in [-0.15, -0.1) is 10.2 Å². The lowest BCUT2D eigenvalue weighted by atomic mass is 10.1. The molecule has 6 nitrogen and oxygen atoms in total. The minimum absolute atomic E-state index is 0.108. The van der Waals surface area contributed by atoms with Crippen molar-refractivity contribution in [3.05, 3.63) is 34.8 Å². The second kappa shape index (κ2) is 8.20. The maximum atomic E-state index is 12.2. The molecule has 1 saturated heterocycles. The van der Waals surface area contributed by atoms with Gasteiger partial charge in [0.2, 0.25) is 16.9 Å². The number of nitrogens with one attached hydrogen (secondary N) is 1. The third kappa shape index (κ3) is 4.63. The Bertz CT molecular complexity index is 742. The Labute approximate surface area is 151 Å². The molecule has 1 fully saturated rings. The smallest absolute Gasteiger partial charge is 0.230 e. The summed E-state index contributed by atoms with van der Waals surface area (Å²) in [6.07, 6.45) is 4.89. The number of aryl methyl sites for hydroxylation is 1. The summed E-state index contributed by atoms with van der Waals surface area (Å²) in [5.41, 5.74) is 1.81. The zero-order chi connectivity index (χ0) is 17.6. The van der Waals surface area contributed by atoms with Crippen molar-refractivity contribution >= 4 is 34.0 Å². The Kier molecular flexibility index (Phi) is 5.75. The number of carbonyl (C=O) groups is 2. The molecule has 1 aliphatic heterocycles. The van der Waals surface area contributed by atoms with Crippen LogP contribution in [0.1, 0.15) is 43.2 Å². The highest BCUT2D eigenvalue weighted by molar-refractivity contribution is 7.15. The minimum Gasteiger partial charge on any atom is -0.312 e. The fourth-order valence-electron chi connectivity index (χ4n) is 2.80. The lowest BCUT2D eigenvalue weighted by Gasteiger charge is -2.15.